The number of carbonyl (C=O) groups is 2. The number of carbonyl (C=O) groups excluding carboxylic acids is 2. The molecule has 2 rings (SSSR count). The van der Waals surface area contributed by atoms with Crippen LogP contribution in [0.1, 0.15) is 49.1 Å². The van der Waals surface area contributed by atoms with Gasteiger partial charge in [0.2, 0.25) is 0 Å². The molecule has 0 radical (unpaired) electrons. The van der Waals surface area contributed by atoms with E-state index >= 15 is 0 Å². The van der Waals surface area contributed by atoms with Crippen molar-refractivity contribution in [3.63, 3.8) is 0 Å². The lowest BCUT2D eigenvalue weighted by Gasteiger charge is -2.27. The van der Waals surface area contributed by atoms with Crippen LogP contribution in [0.3, 0.4) is 0 Å². The molecule has 26 heavy (non-hydrogen) atoms. The minimum absolute atomic E-state index is 0.210. The fourth-order valence-electron chi connectivity index (χ4n) is 2.16. The van der Waals surface area contributed by atoms with Crippen molar-refractivity contribution in [2.75, 3.05) is 14.2 Å². The van der Waals surface area contributed by atoms with Gasteiger partial charge in [-0.3, -0.25) is 0 Å². The van der Waals surface area contributed by atoms with Gasteiger partial charge in [0.1, 0.15) is 10.6 Å². The van der Waals surface area contributed by atoms with Gasteiger partial charge in [-0.15, -0.1) is 11.3 Å². The molecule has 0 aliphatic carbocycles. The quantitative estimate of drug-likeness (QED) is 0.734. The Morgan fingerprint density at radius 1 is 1.19 bits per heavy atom. The highest BCUT2D eigenvalue weighted by atomic mass is 32.1. The second kappa shape index (κ2) is 7.86. The highest BCUT2D eigenvalue weighted by Crippen LogP contribution is 2.29. The molecule has 1 aromatic heterocycles. The van der Waals surface area contributed by atoms with Crippen LogP contribution in [-0.2, 0) is 9.47 Å². The van der Waals surface area contributed by atoms with E-state index < -0.39 is 5.60 Å². The predicted molar refractivity (Wildman–Crippen MR) is 101 cm³/mol. The van der Waals surface area contributed by atoms with E-state index in [4.69, 9.17) is 9.47 Å². The van der Waals surface area contributed by atoms with Gasteiger partial charge in [-0.05, 0) is 39.8 Å². The zero-order valence-corrected chi connectivity index (χ0v) is 16.7. The average molecular weight is 376 g/mol. The van der Waals surface area contributed by atoms with Gasteiger partial charge >= 0.3 is 12.1 Å². The molecule has 1 aromatic carbocycles. The number of nitrogens with zero attached hydrogens (tertiary/aromatic N) is 2. The van der Waals surface area contributed by atoms with E-state index in [2.05, 4.69) is 4.98 Å². The van der Waals surface area contributed by atoms with Crippen LogP contribution >= 0.6 is 11.3 Å². The van der Waals surface area contributed by atoms with Crippen molar-refractivity contribution in [1.82, 2.24) is 9.88 Å². The molecule has 0 fully saturated rings. The van der Waals surface area contributed by atoms with Gasteiger partial charge < -0.3 is 14.4 Å². The Bertz CT molecular complexity index is 778. The lowest BCUT2D eigenvalue weighted by Crippen LogP contribution is -2.35. The standard InChI is InChI=1S/C19H24N2O4S/c1-12(21(5)18(23)25-19(2,3)4)16-20-15(11-26-16)13-7-9-14(10-8-13)17(22)24-6/h7-12H,1-6H3. The van der Waals surface area contributed by atoms with Gasteiger partial charge in [-0.2, -0.15) is 0 Å². The molecule has 0 saturated carbocycles. The number of hydrogen-bond acceptors (Lipinski definition) is 6. The van der Waals surface area contributed by atoms with Crippen LogP contribution in [0, 0.1) is 0 Å². The molecule has 0 aliphatic rings. The molecule has 0 N–H and O–H groups in total. The first-order chi connectivity index (χ1) is 12.1. The molecule has 0 spiro atoms. The lowest BCUT2D eigenvalue weighted by molar-refractivity contribution is 0.0233. The summed E-state index contributed by atoms with van der Waals surface area (Å²) in [5.74, 6) is -0.372. The monoisotopic (exact) mass is 376 g/mol. The van der Waals surface area contributed by atoms with Gasteiger partial charge in [0, 0.05) is 18.0 Å². The molecule has 1 atom stereocenters. The molecular formula is C19H24N2O4S. The van der Waals surface area contributed by atoms with Crippen molar-refractivity contribution in [2.45, 2.75) is 39.3 Å². The second-order valence-electron chi connectivity index (χ2n) is 6.91. The summed E-state index contributed by atoms with van der Waals surface area (Å²) in [6.45, 7) is 7.42. The number of thiazole rings is 1. The van der Waals surface area contributed by atoms with Crippen molar-refractivity contribution < 1.29 is 19.1 Å². The Balaban J connectivity index is 2.13. The number of methoxy groups -OCH3 is 1. The molecular weight excluding hydrogens is 352 g/mol. The maximum atomic E-state index is 12.2. The Kier molecular flexibility index (Phi) is 6.02. The number of ether oxygens (including phenoxy) is 2. The van der Waals surface area contributed by atoms with Crippen molar-refractivity contribution in [1.29, 1.82) is 0 Å². The van der Waals surface area contributed by atoms with E-state index in [1.54, 1.807) is 19.2 Å². The van der Waals surface area contributed by atoms with E-state index in [0.29, 0.717) is 5.56 Å². The van der Waals surface area contributed by atoms with Crippen LogP contribution in [0.25, 0.3) is 11.3 Å². The van der Waals surface area contributed by atoms with Crippen molar-refractivity contribution in [3.05, 3.63) is 40.2 Å². The summed E-state index contributed by atoms with van der Waals surface area (Å²) in [7, 11) is 3.05. The predicted octanol–water partition coefficient (Wildman–Crippen LogP) is 4.52. The highest BCUT2D eigenvalue weighted by Gasteiger charge is 2.25. The normalized spacial score (nSPS) is 12.4. The maximum absolute atomic E-state index is 12.2. The molecule has 6 nitrogen and oxygen atoms in total. The van der Waals surface area contributed by atoms with Crippen molar-refractivity contribution in [3.8, 4) is 11.3 Å². The number of hydrogen-bond donors (Lipinski definition) is 0. The summed E-state index contributed by atoms with van der Waals surface area (Å²) >= 11 is 1.48. The van der Waals surface area contributed by atoms with Crippen molar-refractivity contribution in [2.24, 2.45) is 0 Å². The van der Waals surface area contributed by atoms with Crippen LogP contribution in [0.4, 0.5) is 4.79 Å². The topological polar surface area (TPSA) is 68.7 Å². The van der Waals surface area contributed by atoms with Crippen LogP contribution in [0.15, 0.2) is 29.6 Å². The molecule has 7 heteroatoms. The summed E-state index contributed by atoms with van der Waals surface area (Å²) in [6, 6.07) is 6.85. The minimum Gasteiger partial charge on any atom is -0.465 e. The summed E-state index contributed by atoms with van der Waals surface area (Å²) in [5.41, 5.74) is 1.64. The highest BCUT2D eigenvalue weighted by molar-refractivity contribution is 7.10. The molecule has 2 aromatic rings. The number of aromatic nitrogens is 1. The second-order valence-corrected chi connectivity index (χ2v) is 7.80. The third kappa shape index (κ3) is 4.82. The molecule has 1 heterocycles. The summed E-state index contributed by atoms with van der Waals surface area (Å²) in [6.07, 6.45) is -0.385. The summed E-state index contributed by atoms with van der Waals surface area (Å²) in [5, 5.41) is 2.74. The largest absolute Gasteiger partial charge is 0.465 e. The Morgan fingerprint density at radius 3 is 2.35 bits per heavy atom. The van der Waals surface area contributed by atoms with E-state index in [0.717, 1.165) is 16.3 Å². The summed E-state index contributed by atoms with van der Waals surface area (Å²) < 4.78 is 10.1. The fraction of sp³-hybridized carbons (Fsp3) is 0.421. The first-order valence-electron chi connectivity index (χ1n) is 8.22. The summed E-state index contributed by atoms with van der Waals surface area (Å²) in [4.78, 5) is 29.9. The first-order valence-corrected chi connectivity index (χ1v) is 9.10. The van der Waals surface area contributed by atoms with Crippen LogP contribution in [0.2, 0.25) is 0 Å². The van der Waals surface area contributed by atoms with E-state index in [1.807, 2.05) is 45.2 Å². The van der Waals surface area contributed by atoms with Crippen molar-refractivity contribution >= 4 is 23.4 Å². The Hall–Kier alpha value is -2.41. The molecule has 1 amide bonds. The number of rotatable bonds is 4. The van der Waals surface area contributed by atoms with Crippen LogP contribution < -0.4 is 0 Å². The number of amides is 1. The Labute approximate surface area is 157 Å². The molecule has 1 unspecified atom stereocenters. The molecule has 0 bridgehead atoms. The maximum Gasteiger partial charge on any atom is 0.410 e. The van der Waals surface area contributed by atoms with Gasteiger partial charge in [0.05, 0.1) is 24.4 Å². The van der Waals surface area contributed by atoms with E-state index in [9.17, 15) is 9.59 Å². The van der Waals surface area contributed by atoms with Gasteiger partial charge in [0.15, 0.2) is 0 Å². The van der Waals surface area contributed by atoms with Gasteiger partial charge in [0.25, 0.3) is 0 Å². The minimum atomic E-state index is -0.541. The molecule has 0 aliphatic heterocycles. The first kappa shape index (κ1) is 19.9. The molecule has 140 valence electrons. The van der Waals surface area contributed by atoms with Crippen LogP contribution in [0.5, 0.6) is 0 Å². The fourth-order valence-corrected chi connectivity index (χ4v) is 3.09. The Morgan fingerprint density at radius 2 is 1.81 bits per heavy atom. The average Bonchev–Trinajstić information content (AvgIpc) is 3.08. The van der Waals surface area contributed by atoms with E-state index in [-0.39, 0.29) is 18.1 Å². The molecule has 0 saturated heterocycles. The SMILES string of the molecule is COC(=O)c1ccc(-c2csc(C(C)N(C)C(=O)OC(C)(C)C)n2)cc1. The third-order valence-corrected chi connectivity index (χ3v) is 4.76. The lowest BCUT2D eigenvalue weighted by atomic mass is 10.1. The number of benzene rings is 1. The zero-order chi connectivity index (χ0) is 19.5. The van der Waals surface area contributed by atoms with Crippen LogP contribution in [-0.4, -0.2) is 41.7 Å². The zero-order valence-electron chi connectivity index (χ0n) is 15.9. The van der Waals surface area contributed by atoms with Gasteiger partial charge in [-0.1, -0.05) is 12.1 Å². The van der Waals surface area contributed by atoms with E-state index in [1.165, 1.54) is 23.3 Å². The number of esters is 1. The smallest absolute Gasteiger partial charge is 0.410 e. The third-order valence-electron chi connectivity index (χ3n) is 3.74. The van der Waals surface area contributed by atoms with Gasteiger partial charge in [-0.25, -0.2) is 14.6 Å².